The van der Waals surface area contributed by atoms with Crippen LogP contribution < -0.4 is 15.2 Å². The number of ether oxygens (including phenoxy) is 1. The van der Waals surface area contributed by atoms with E-state index in [1.54, 1.807) is 12.1 Å². The molecule has 1 aromatic rings. The van der Waals surface area contributed by atoms with Crippen LogP contribution in [0.1, 0.15) is 26.2 Å². The van der Waals surface area contributed by atoms with Crippen LogP contribution in [0.15, 0.2) is 23.1 Å². The Hall–Kier alpha value is -1.27. The SMILES string of the molecule is CCCCCNS(=O)(=O)c1cc(N)ccc1OC. The number of benzene rings is 1. The molecular formula is C12H20N2O3S. The maximum Gasteiger partial charge on any atom is 0.244 e. The van der Waals surface area contributed by atoms with E-state index >= 15 is 0 Å². The lowest BCUT2D eigenvalue weighted by Gasteiger charge is -2.11. The summed E-state index contributed by atoms with van der Waals surface area (Å²) in [5.74, 6) is 0.298. The molecule has 0 radical (unpaired) electrons. The van der Waals surface area contributed by atoms with Gasteiger partial charge in [0.25, 0.3) is 0 Å². The molecule has 1 rings (SSSR count). The highest BCUT2D eigenvalue weighted by molar-refractivity contribution is 7.89. The van der Waals surface area contributed by atoms with Gasteiger partial charge in [0.15, 0.2) is 0 Å². The Bertz CT molecular complexity index is 486. The van der Waals surface area contributed by atoms with E-state index in [0.29, 0.717) is 18.0 Å². The van der Waals surface area contributed by atoms with Crippen molar-refractivity contribution in [2.75, 3.05) is 19.4 Å². The van der Waals surface area contributed by atoms with Crippen molar-refractivity contribution in [2.24, 2.45) is 0 Å². The minimum atomic E-state index is -3.56. The summed E-state index contributed by atoms with van der Waals surface area (Å²) in [5.41, 5.74) is 6.00. The summed E-state index contributed by atoms with van der Waals surface area (Å²) < 4.78 is 31.7. The van der Waals surface area contributed by atoms with Crippen molar-refractivity contribution in [3.8, 4) is 5.75 Å². The smallest absolute Gasteiger partial charge is 0.244 e. The van der Waals surface area contributed by atoms with Crippen molar-refractivity contribution in [2.45, 2.75) is 31.1 Å². The number of anilines is 1. The average molecular weight is 272 g/mol. The molecule has 0 saturated heterocycles. The van der Waals surface area contributed by atoms with E-state index in [2.05, 4.69) is 11.6 Å². The highest BCUT2D eigenvalue weighted by Gasteiger charge is 2.19. The van der Waals surface area contributed by atoms with Gasteiger partial charge in [0.05, 0.1) is 7.11 Å². The molecular weight excluding hydrogens is 252 g/mol. The van der Waals surface area contributed by atoms with Gasteiger partial charge in [0.1, 0.15) is 10.6 Å². The zero-order chi connectivity index (χ0) is 13.6. The first-order valence-corrected chi connectivity index (χ1v) is 7.42. The molecule has 0 atom stereocenters. The van der Waals surface area contributed by atoms with Crippen LogP contribution in [0.25, 0.3) is 0 Å². The zero-order valence-electron chi connectivity index (χ0n) is 10.8. The van der Waals surface area contributed by atoms with E-state index in [9.17, 15) is 8.42 Å². The molecule has 3 N–H and O–H groups in total. The standard InChI is InChI=1S/C12H20N2O3S/c1-3-4-5-8-14-18(15,16)12-9-10(13)6-7-11(12)17-2/h6-7,9,14H,3-5,8,13H2,1-2H3. The van der Waals surface area contributed by atoms with Gasteiger partial charge >= 0.3 is 0 Å². The molecule has 0 spiro atoms. The van der Waals surface area contributed by atoms with Crippen LogP contribution in [0.4, 0.5) is 5.69 Å². The average Bonchev–Trinajstić information content (AvgIpc) is 2.35. The minimum absolute atomic E-state index is 0.0847. The first-order chi connectivity index (χ1) is 8.51. The summed E-state index contributed by atoms with van der Waals surface area (Å²) in [6, 6.07) is 4.56. The lowest BCUT2D eigenvalue weighted by Crippen LogP contribution is -2.25. The summed E-state index contributed by atoms with van der Waals surface area (Å²) in [4.78, 5) is 0.0847. The molecule has 0 fully saturated rings. The van der Waals surface area contributed by atoms with Crippen molar-refractivity contribution in [3.63, 3.8) is 0 Å². The van der Waals surface area contributed by atoms with Gasteiger partial charge in [0.2, 0.25) is 10.0 Å². The van der Waals surface area contributed by atoms with Crippen molar-refractivity contribution in [1.82, 2.24) is 4.72 Å². The van der Waals surface area contributed by atoms with Gasteiger partial charge in [-0.15, -0.1) is 0 Å². The van der Waals surface area contributed by atoms with E-state index < -0.39 is 10.0 Å². The van der Waals surface area contributed by atoms with Crippen molar-refractivity contribution < 1.29 is 13.2 Å². The van der Waals surface area contributed by atoms with Crippen LogP contribution >= 0.6 is 0 Å². The molecule has 0 bridgehead atoms. The molecule has 0 aromatic heterocycles. The summed E-state index contributed by atoms with van der Waals surface area (Å²) in [6.07, 6.45) is 2.86. The Labute approximate surface area is 108 Å². The van der Waals surface area contributed by atoms with Gasteiger partial charge < -0.3 is 10.5 Å². The zero-order valence-corrected chi connectivity index (χ0v) is 11.6. The fourth-order valence-electron chi connectivity index (χ4n) is 1.56. The molecule has 0 aliphatic rings. The van der Waals surface area contributed by atoms with Crippen LogP contribution in [0.5, 0.6) is 5.75 Å². The predicted octanol–water partition coefficient (Wildman–Crippen LogP) is 1.75. The predicted molar refractivity (Wildman–Crippen MR) is 72.1 cm³/mol. The Balaban J connectivity index is 2.87. The van der Waals surface area contributed by atoms with Crippen molar-refractivity contribution >= 4 is 15.7 Å². The van der Waals surface area contributed by atoms with Gasteiger partial charge in [-0.3, -0.25) is 0 Å². The number of methoxy groups -OCH3 is 1. The third kappa shape index (κ3) is 3.89. The molecule has 1 aromatic carbocycles. The second-order valence-corrected chi connectivity index (χ2v) is 5.75. The van der Waals surface area contributed by atoms with Gasteiger partial charge in [-0.05, 0) is 24.6 Å². The quantitative estimate of drug-likeness (QED) is 0.585. The first-order valence-electron chi connectivity index (χ1n) is 5.94. The second-order valence-electron chi connectivity index (χ2n) is 4.02. The van der Waals surface area contributed by atoms with Crippen LogP contribution in [-0.2, 0) is 10.0 Å². The maximum atomic E-state index is 12.1. The summed E-state index contributed by atoms with van der Waals surface area (Å²) in [5, 5.41) is 0. The van der Waals surface area contributed by atoms with Crippen LogP contribution in [-0.4, -0.2) is 22.1 Å². The van der Waals surface area contributed by atoms with Crippen LogP contribution in [0, 0.1) is 0 Å². The Morgan fingerprint density at radius 2 is 2.06 bits per heavy atom. The number of unbranched alkanes of at least 4 members (excludes halogenated alkanes) is 2. The fraction of sp³-hybridized carbons (Fsp3) is 0.500. The van der Waals surface area contributed by atoms with E-state index in [4.69, 9.17) is 10.5 Å². The van der Waals surface area contributed by atoms with Crippen molar-refractivity contribution in [1.29, 1.82) is 0 Å². The molecule has 0 aliphatic carbocycles. The monoisotopic (exact) mass is 272 g/mol. The molecule has 0 saturated carbocycles. The van der Waals surface area contributed by atoms with Gasteiger partial charge in [-0.1, -0.05) is 19.8 Å². The largest absolute Gasteiger partial charge is 0.495 e. The summed E-state index contributed by atoms with van der Waals surface area (Å²) >= 11 is 0. The van der Waals surface area contributed by atoms with Gasteiger partial charge in [0, 0.05) is 12.2 Å². The summed E-state index contributed by atoms with van der Waals surface area (Å²) in [7, 11) is -2.13. The van der Waals surface area contributed by atoms with E-state index in [-0.39, 0.29) is 4.90 Å². The molecule has 0 amide bonds. The highest BCUT2D eigenvalue weighted by Crippen LogP contribution is 2.25. The minimum Gasteiger partial charge on any atom is -0.495 e. The molecule has 5 nitrogen and oxygen atoms in total. The second kappa shape index (κ2) is 6.61. The molecule has 6 heteroatoms. The van der Waals surface area contributed by atoms with Crippen LogP contribution in [0.3, 0.4) is 0 Å². The molecule has 102 valence electrons. The van der Waals surface area contributed by atoms with E-state index in [0.717, 1.165) is 19.3 Å². The number of nitrogens with two attached hydrogens (primary N) is 1. The number of sulfonamides is 1. The fourth-order valence-corrected chi connectivity index (χ4v) is 2.84. The Kier molecular flexibility index (Phi) is 5.43. The molecule has 0 unspecified atom stereocenters. The first kappa shape index (κ1) is 14.8. The maximum absolute atomic E-state index is 12.1. The molecule has 0 heterocycles. The Morgan fingerprint density at radius 3 is 2.67 bits per heavy atom. The lowest BCUT2D eigenvalue weighted by molar-refractivity contribution is 0.402. The lowest BCUT2D eigenvalue weighted by atomic mass is 10.3. The number of hydrogen-bond acceptors (Lipinski definition) is 4. The topological polar surface area (TPSA) is 81.4 Å². The van der Waals surface area contributed by atoms with Crippen LogP contribution in [0.2, 0.25) is 0 Å². The van der Waals surface area contributed by atoms with E-state index in [1.165, 1.54) is 13.2 Å². The number of hydrogen-bond donors (Lipinski definition) is 2. The Morgan fingerprint density at radius 1 is 1.33 bits per heavy atom. The third-order valence-corrected chi connectivity index (χ3v) is 4.03. The van der Waals surface area contributed by atoms with E-state index in [1.807, 2.05) is 0 Å². The summed E-state index contributed by atoms with van der Waals surface area (Å²) in [6.45, 7) is 2.49. The number of nitrogens with one attached hydrogen (secondary N) is 1. The van der Waals surface area contributed by atoms with Crippen molar-refractivity contribution in [3.05, 3.63) is 18.2 Å². The highest BCUT2D eigenvalue weighted by atomic mass is 32.2. The molecule has 18 heavy (non-hydrogen) atoms. The third-order valence-electron chi connectivity index (χ3n) is 2.55. The van der Waals surface area contributed by atoms with Gasteiger partial charge in [-0.25, -0.2) is 13.1 Å². The number of rotatable bonds is 7. The molecule has 0 aliphatic heterocycles. The number of nitrogen functional groups attached to an aromatic ring is 1. The normalized spacial score (nSPS) is 11.4. The van der Waals surface area contributed by atoms with Gasteiger partial charge in [-0.2, -0.15) is 0 Å².